The van der Waals surface area contributed by atoms with Gasteiger partial charge in [-0.1, -0.05) is 0 Å². The molecule has 0 radical (unpaired) electrons. The van der Waals surface area contributed by atoms with Crippen molar-refractivity contribution in [1.29, 1.82) is 0 Å². The minimum absolute atomic E-state index is 0.0139. The maximum absolute atomic E-state index is 13.6. The molecule has 0 unspecified atom stereocenters. The van der Waals surface area contributed by atoms with Crippen LogP contribution in [0.2, 0.25) is 0 Å². The molecular formula is C11H17FO4S. The largest absolute Gasteiger partial charge is 0.481 e. The van der Waals surface area contributed by atoms with Gasteiger partial charge >= 0.3 is 5.97 Å². The van der Waals surface area contributed by atoms with E-state index in [0.29, 0.717) is 12.8 Å². The van der Waals surface area contributed by atoms with Gasteiger partial charge in [0.05, 0.1) is 16.9 Å². The molecule has 4 nitrogen and oxygen atoms in total. The molecule has 0 aromatic heterocycles. The van der Waals surface area contributed by atoms with Crippen molar-refractivity contribution in [2.24, 2.45) is 11.3 Å². The van der Waals surface area contributed by atoms with Crippen LogP contribution in [0, 0.1) is 11.3 Å². The molecule has 0 bridgehead atoms. The smallest absolute Gasteiger partial charge is 0.310 e. The summed E-state index contributed by atoms with van der Waals surface area (Å²) in [4.78, 5) is 11.3. The summed E-state index contributed by atoms with van der Waals surface area (Å²) in [5.74, 6) is -1.10. The van der Waals surface area contributed by atoms with Crippen molar-refractivity contribution in [3.05, 3.63) is 0 Å². The number of aliphatic carboxylic acids is 1. The van der Waals surface area contributed by atoms with Crippen molar-refractivity contribution in [2.75, 3.05) is 11.5 Å². The number of hydrogen-bond donors (Lipinski definition) is 1. The number of alkyl halides is 1. The van der Waals surface area contributed by atoms with Crippen LogP contribution in [0.25, 0.3) is 0 Å². The predicted octanol–water partition coefficient (Wildman–Crippen LogP) is 1.40. The number of carbonyl (C=O) groups is 1. The third kappa shape index (κ3) is 2.19. The normalized spacial score (nSPS) is 41.8. The Morgan fingerprint density at radius 1 is 1.29 bits per heavy atom. The van der Waals surface area contributed by atoms with E-state index < -0.39 is 26.9 Å². The third-order valence-electron chi connectivity index (χ3n) is 4.13. The first kappa shape index (κ1) is 12.8. The van der Waals surface area contributed by atoms with E-state index in [1.54, 1.807) is 0 Å². The van der Waals surface area contributed by atoms with Gasteiger partial charge in [0.1, 0.15) is 15.5 Å². The number of carboxylic acids is 1. The number of halogens is 1. The molecule has 1 saturated heterocycles. The van der Waals surface area contributed by atoms with E-state index in [0.717, 1.165) is 0 Å². The van der Waals surface area contributed by atoms with E-state index in [2.05, 4.69) is 0 Å². The lowest BCUT2D eigenvalue weighted by atomic mass is 9.53. The van der Waals surface area contributed by atoms with E-state index in [4.69, 9.17) is 0 Å². The number of rotatable bonds is 2. The monoisotopic (exact) mass is 264 g/mol. The van der Waals surface area contributed by atoms with Crippen molar-refractivity contribution >= 4 is 15.8 Å². The Kier molecular flexibility index (Phi) is 2.76. The van der Waals surface area contributed by atoms with E-state index in [9.17, 15) is 22.7 Å². The molecule has 1 N–H and O–H groups in total. The summed E-state index contributed by atoms with van der Waals surface area (Å²) >= 11 is 0. The topological polar surface area (TPSA) is 71.4 Å². The van der Waals surface area contributed by atoms with E-state index in [1.807, 2.05) is 0 Å². The first-order valence-electron chi connectivity index (χ1n) is 5.80. The molecule has 17 heavy (non-hydrogen) atoms. The van der Waals surface area contributed by atoms with Gasteiger partial charge in [-0.15, -0.1) is 0 Å². The molecule has 0 spiro atoms. The fraction of sp³-hybridized carbons (Fsp3) is 0.909. The number of hydrogen-bond acceptors (Lipinski definition) is 3. The summed E-state index contributed by atoms with van der Waals surface area (Å²) in [5, 5.41) is 9.28. The Labute approximate surface area is 100 Å². The second kappa shape index (κ2) is 3.67. The molecule has 0 atom stereocenters. The molecule has 6 heteroatoms. The average Bonchev–Trinajstić information content (AvgIpc) is 2.13. The highest BCUT2D eigenvalue weighted by atomic mass is 32.2. The molecular weight excluding hydrogens is 247 g/mol. The quantitative estimate of drug-likeness (QED) is 0.818. The third-order valence-corrected chi connectivity index (χ3v) is 5.85. The minimum Gasteiger partial charge on any atom is -0.481 e. The SMILES string of the molecule is CC1(F)CC(C(=O)O)(C2CCS(=O)(=O)CC2)C1. The van der Waals surface area contributed by atoms with Crippen LogP contribution in [0.5, 0.6) is 0 Å². The van der Waals surface area contributed by atoms with Crippen LogP contribution >= 0.6 is 0 Å². The lowest BCUT2D eigenvalue weighted by molar-refractivity contribution is -0.176. The van der Waals surface area contributed by atoms with Gasteiger partial charge in [0.2, 0.25) is 0 Å². The number of carboxylic acid groups (broad SMARTS) is 1. The molecule has 1 aliphatic heterocycles. The summed E-state index contributed by atoms with van der Waals surface area (Å²) in [6, 6.07) is 0. The van der Waals surface area contributed by atoms with E-state index in [1.165, 1.54) is 6.92 Å². The van der Waals surface area contributed by atoms with Crippen LogP contribution < -0.4 is 0 Å². The Morgan fingerprint density at radius 3 is 2.12 bits per heavy atom. The van der Waals surface area contributed by atoms with Gasteiger partial charge in [-0.3, -0.25) is 4.79 Å². The standard InChI is InChI=1S/C11H17FO4S/c1-10(12)6-11(7-10,9(13)14)8-2-4-17(15,16)5-3-8/h8H,2-7H2,1H3,(H,13,14). The van der Waals surface area contributed by atoms with Crippen LogP contribution in [0.4, 0.5) is 4.39 Å². The Morgan fingerprint density at radius 2 is 1.76 bits per heavy atom. The Balaban J connectivity index is 2.13. The van der Waals surface area contributed by atoms with Crippen molar-refractivity contribution < 1.29 is 22.7 Å². The minimum atomic E-state index is -3.00. The molecule has 98 valence electrons. The average molecular weight is 264 g/mol. The second-order valence-electron chi connectivity index (χ2n) is 5.65. The van der Waals surface area contributed by atoms with Gasteiger partial charge in [-0.2, -0.15) is 0 Å². The highest BCUT2D eigenvalue weighted by Crippen LogP contribution is 2.57. The maximum Gasteiger partial charge on any atom is 0.310 e. The first-order chi connectivity index (χ1) is 7.67. The fourth-order valence-corrected chi connectivity index (χ4v) is 4.81. The molecule has 2 aliphatic rings. The lowest BCUT2D eigenvalue weighted by Crippen LogP contribution is -2.57. The molecule has 0 amide bonds. The van der Waals surface area contributed by atoms with Crippen LogP contribution in [0.15, 0.2) is 0 Å². The highest BCUT2D eigenvalue weighted by molar-refractivity contribution is 7.91. The highest BCUT2D eigenvalue weighted by Gasteiger charge is 2.61. The Hall–Kier alpha value is -0.650. The van der Waals surface area contributed by atoms with Crippen LogP contribution in [-0.2, 0) is 14.6 Å². The van der Waals surface area contributed by atoms with Gasteiger partial charge in [-0.05, 0) is 38.5 Å². The summed E-state index contributed by atoms with van der Waals surface area (Å²) in [5.41, 5.74) is -2.44. The van der Waals surface area contributed by atoms with Crippen molar-refractivity contribution in [2.45, 2.75) is 38.3 Å². The zero-order chi connectivity index (χ0) is 12.9. The Bertz CT molecular complexity index is 418. The van der Waals surface area contributed by atoms with Gasteiger partial charge in [0.15, 0.2) is 0 Å². The van der Waals surface area contributed by atoms with Crippen molar-refractivity contribution in [1.82, 2.24) is 0 Å². The fourth-order valence-electron chi connectivity index (χ4n) is 3.32. The van der Waals surface area contributed by atoms with E-state index >= 15 is 0 Å². The molecule has 0 aromatic carbocycles. The molecule has 1 heterocycles. The van der Waals surface area contributed by atoms with Gasteiger partial charge in [-0.25, -0.2) is 12.8 Å². The first-order valence-corrected chi connectivity index (χ1v) is 7.62. The zero-order valence-corrected chi connectivity index (χ0v) is 10.6. The summed E-state index contributed by atoms with van der Waals surface area (Å²) in [7, 11) is -3.00. The van der Waals surface area contributed by atoms with E-state index in [-0.39, 0.29) is 30.3 Å². The summed E-state index contributed by atoms with van der Waals surface area (Å²) in [6.07, 6.45) is 0.732. The molecule has 0 aromatic rings. The summed E-state index contributed by atoms with van der Waals surface area (Å²) in [6.45, 7) is 1.41. The van der Waals surface area contributed by atoms with Gasteiger partial charge in [0.25, 0.3) is 0 Å². The molecule has 2 fully saturated rings. The zero-order valence-electron chi connectivity index (χ0n) is 9.78. The summed E-state index contributed by atoms with van der Waals surface area (Å²) < 4.78 is 36.2. The lowest BCUT2D eigenvalue weighted by Gasteiger charge is -2.52. The molecule has 2 rings (SSSR count). The van der Waals surface area contributed by atoms with Gasteiger partial charge < -0.3 is 5.11 Å². The maximum atomic E-state index is 13.6. The predicted molar refractivity (Wildman–Crippen MR) is 60.2 cm³/mol. The number of sulfone groups is 1. The van der Waals surface area contributed by atoms with Crippen molar-refractivity contribution in [3.8, 4) is 0 Å². The van der Waals surface area contributed by atoms with Crippen molar-refractivity contribution in [3.63, 3.8) is 0 Å². The van der Waals surface area contributed by atoms with Crippen LogP contribution in [0.1, 0.15) is 32.6 Å². The molecule has 1 aliphatic carbocycles. The second-order valence-corrected chi connectivity index (χ2v) is 7.96. The molecule has 1 saturated carbocycles. The van der Waals surface area contributed by atoms with Gasteiger partial charge in [0, 0.05) is 0 Å². The van der Waals surface area contributed by atoms with Crippen LogP contribution in [0.3, 0.4) is 0 Å². The van der Waals surface area contributed by atoms with Crippen LogP contribution in [-0.4, -0.2) is 36.7 Å².